The van der Waals surface area contributed by atoms with E-state index in [0.717, 1.165) is 50.8 Å². The molecule has 0 bridgehead atoms. The number of piperidine rings is 1. The Kier molecular flexibility index (Phi) is 9.45. The summed E-state index contributed by atoms with van der Waals surface area (Å²) in [6.45, 7) is 5.49. The second-order valence-electron chi connectivity index (χ2n) is 11.5. The van der Waals surface area contributed by atoms with E-state index >= 15 is 0 Å². The smallest absolute Gasteiger partial charge is 0.397 e. The van der Waals surface area contributed by atoms with Gasteiger partial charge in [0, 0.05) is 54.9 Å². The Hall–Kier alpha value is -4.09. The van der Waals surface area contributed by atoms with Gasteiger partial charge in [0.1, 0.15) is 5.82 Å². The number of aromatic nitrogens is 1. The monoisotopic (exact) mass is 610 g/mol. The molecule has 1 fully saturated rings. The fourth-order valence-electron chi connectivity index (χ4n) is 6.11. The van der Waals surface area contributed by atoms with Crippen LogP contribution < -0.4 is 16.9 Å². The number of hydrogen-bond acceptors (Lipinski definition) is 6. The standard InChI is InChI=1S/C33H38F4N6O/c1-21(44)32-31(27-18-24(34)8-11-30(27)41-32)29(38)20-43(39)19-22-12-15-42(16-13-22)17-14-40-25-9-6-23(7-10-25)26-4-2-3-5-28(26)33(35,36)37/h2-6,8-9,11,18,20,22,40-41H,7,10,12-17,19,38-39H2,1H3/b29-20-. The van der Waals surface area contributed by atoms with E-state index in [1.165, 1.54) is 31.2 Å². The number of rotatable bonds is 10. The number of nitrogens with two attached hydrogens (primary N) is 2. The Labute approximate surface area is 254 Å². The van der Waals surface area contributed by atoms with Crippen molar-refractivity contribution in [2.45, 2.75) is 38.8 Å². The first-order valence-corrected chi connectivity index (χ1v) is 14.8. The molecule has 2 aromatic carbocycles. The predicted molar refractivity (Wildman–Crippen MR) is 165 cm³/mol. The van der Waals surface area contributed by atoms with Gasteiger partial charge in [-0.25, -0.2) is 10.2 Å². The van der Waals surface area contributed by atoms with Crippen LogP contribution in [0.15, 0.2) is 66.5 Å². The number of hydrogen-bond donors (Lipinski definition) is 4. The summed E-state index contributed by atoms with van der Waals surface area (Å²) in [5.41, 5.74) is 9.46. The predicted octanol–water partition coefficient (Wildman–Crippen LogP) is 6.02. The van der Waals surface area contributed by atoms with Gasteiger partial charge in [-0.1, -0.05) is 24.3 Å². The minimum Gasteiger partial charge on any atom is -0.397 e. The summed E-state index contributed by atoms with van der Waals surface area (Å²) < 4.78 is 54.2. The molecule has 234 valence electrons. The normalized spacial score (nSPS) is 17.0. The number of allylic oxidation sites excluding steroid dienone is 4. The molecule has 0 radical (unpaired) electrons. The third kappa shape index (κ3) is 7.34. The Morgan fingerprint density at radius 3 is 2.57 bits per heavy atom. The molecule has 1 aromatic heterocycles. The lowest BCUT2D eigenvalue weighted by atomic mass is 9.92. The lowest BCUT2D eigenvalue weighted by Crippen LogP contribution is -2.41. The largest absolute Gasteiger partial charge is 0.416 e. The fourth-order valence-corrected chi connectivity index (χ4v) is 6.11. The maximum Gasteiger partial charge on any atom is 0.416 e. The molecule has 5 rings (SSSR count). The van der Waals surface area contributed by atoms with E-state index < -0.39 is 17.6 Å². The van der Waals surface area contributed by atoms with Crippen LogP contribution >= 0.6 is 0 Å². The topological polar surface area (TPSA) is 103 Å². The van der Waals surface area contributed by atoms with Crippen LogP contribution in [0.3, 0.4) is 0 Å². The molecule has 1 aliphatic heterocycles. The Morgan fingerprint density at radius 2 is 1.89 bits per heavy atom. The molecule has 44 heavy (non-hydrogen) atoms. The highest BCUT2D eigenvalue weighted by atomic mass is 19.4. The van der Waals surface area contributed by atoms with Gasteiger partial charge < -0.3 is 25.9 Å². The molecule has 2 heterocycles. The van der Waals surface area contributed by atoms with Gasteiger partial charge in [-0.15, -0.1) is 0 Å². The number of Topliss-reactive ketones (excluding diaryl/α,β-unsaturated/α-hetero) is 1. The number of aromatic amines is 1. The zero-order valence-corrected chi connectivity index (χ0v) is 24.7. The van der Waals surface area contributed by atoms with Crippen molar-refractivity contribution in [3.63, 3.8) is 0 Å². The van der Waals surface area contributed by atoms with E-state index in [1.807, 2.05) is 6.08 Å². The summed E-state index contributed by atoms with van der Waals surface area (Å²) in [7, 11) is 0. The van der Waals surface area contributed by atoms with E-state index in [2.05, 4.69) is 15.2 Å². The SMILES string of the molecule is CC(=O)c1[nH]c2ccc(F)cc2c1/C(N)=C/N(N)CC1CCN(CCNC2=CC=C(c3ccccc3C(F)(F)F)CC2)CC1. The van der Waals surface area contributed by atoms with Gasteiger partial charge in [-0.2, -0.15) is 13.2 Å². The van der Waals surface area contributed by atoms with Crippen LogP contribution in [-0.4, -0.2) is 53.4 Å². The van der Waals surface area contributed by atoms with Crippen LogP contribution in [0.2, 0.25) is 0 Å². The number of carbonyl (C=O) groups excluding carboxylic acids is 1. The number of nitrogens with zero attached hydrogens (tertiary/aromatic N) is 2. The van der Waals surface area contributed by atoms with Crippen molar-refractivity contribution in [3.8, 4) is 0 Å². The molecular weight excluding hydrogens is 572 g/mol. The summed E-state index contributed by atoms with van der Waals surface area (Å²) in [5.74, 6) is 6.05. The van der Waals surface area contributed by atoms with Crippen LogP contribution in [0.4, 0.5) is 17.6 Å². The molecule has 1 aliphatic carbocycles. The molecule has 3 aromatic rings. The number of nitrogens with one attached hydrogen (secondary N) is 2. The second-order valence-corrected chi connectivity index (χ2v) is 11.5. The first-order valence-electron chi connectivity index (χ1n) is 14.8. The first-order chi connectivity index (χ1) is 21.0. The number of carbonyl (C=O) groups is 1. The summed E-state index contributed by atoms with van der Waals surface area (Å²) in [4.78, 5) is 17.7. The molecule has 1 saturated heterocycles. The van der Waals surface area contributed by atoms with E-state index in [9.17, 15) is 22.4 Å². The highest BCUT2D eigenvalue weighted by Crippen LogP contribution is 2.37. The maximum absolute atomic E-state index is 13.9. The van der Waals surface area contributed by atoms with Crippen molar-refractivity contribution in [1.82, 2.24) is 20.2 Å². The Balaban J connectivity index is 1.09. The molecule has 11 heteroatoms. The number of fused-ring (bicyclic) bond motifs is 1. The second kappa shape index (κ2) is 13.3. The minimum atomic E-state index is -4.38. The third-order valence-electron chi connectivity index (χ3n) is 8.39. The first kappa shape index (κ1) is 31.3. The van der Waals surface area contributed by atoms with Gasteiger partial charge in [-0.05, 0) is 86.2 Å². The van der Waals surface area contributed by atoms with E-state index in [1.54, 1.807) is 29.4 Å². The van der Waals surface area contributed by atoms with Gasteiger partial charge in [0.05, 0.1) is 17.0 Å². The summed E-state index contributed by atoms with van der Waals surface area (Å²) >= 11 is 0. The number of ketones is 1. The lowest BCUT2D eigenvalue weighted by molar-refractivity contribution is -0.137. The maximum atomic E-state index is 13.9. The average molecular weight is 611 g/mol. The van der Waals surface area contributed by atoms with Crippen molar-refractivity contribution in [3.05, 3.63) is 94.7 Å². The number of H-pyrrole nitrogens is 1. The van der Waals surface area contributed by atoms with Crippen molar-refractivity contribution in [1.29, 1.82) is 0 Å². The molecule has 2 aliphatic rings. The third-order valence-corrected chi connectivity index (χ3v) is 8.39. The van der Waals surface area contributed by atoms with Crippen molar-refractivity contribution >= 4 is 28.0 Å². The molecule has 7 nitrogen and oxygen atoms in total. The molecule has 6 N–H and O–H groups in total. The fraction of sp³-hybridized carbons (Fsp3) is 0.364. The molecule has 0 saturated carbocycles. The van der Waals surface area contributed by atoms with Crippen LogP contribution in [-0.2, 0) is 6.18 Å². The van der Waals surface area contributed by atoms with Crippen molar-refractivity contribution < 1.29 is 22.4 Å². The average Bonchev–Trinajstić information content (AvgIpc) is 3.37. The molecular formula is C33H38F4N6O. The molecule has 0 spiro atoms. The highest BCUT2D eigenvalue weighted by molar-refractivity contribution is 6.06. The summed E-state index contributed by atoms with van der Waals surface area (Å²) in [6, 6.07) is 10.00. The van der Waals surface area contributed by atoms with Gasteiger partial charge in [0.2, 0.25) is 0 Å². The van der Waals surface area contributed by atoms with E-state index in [-0.39, 0.29) is 11.3 Å². The van der Waals surface area contributed by atoms with E-state index in [0.29, 0.717) is 58.7 Å². The number of benzene rings is 2. The van der Waals surface area contributed by atoms with Crippen LogP contribution in [0, 0.1) is 11.7 Å². The van der Waals surface area contributed by atoms with Gasteiger partial charge in [0.15, 0.2) is 5.78 Å². The van der Waals surface area contributed by atoms with Crippen LogP contribution in [0.25, 0.3) is 22.2 Å². The Morgan fingerprint density at radius 1 is 1.14 bits per heavy atom. The summed E-state index contributed by atoms with van der Waals surface area (Å²) in [5, 5.41) is 5.52. The zero-order valence-electron chi connectivity index (χ0n) is 24.7. The van der Waals surface area contributed by atoms with Crippen molar-refractivity contribution in [2.24, 2.45) is 17.5 Å². The van der Waals surface area contributed by atoms with Gasteiger partial charge >= 0.3 is 6.18 Å². The van der Waals surface area contributed by atoms with Crippen LogP contribution in [0.1, 0.15) is 59.8 Å². The van der Waals surface area contributed by atoms with Crippen molar-refractivity contribution in [2.75, 3.05) is 32.7 Å². The number of likely N-dealkylation sites (tertiary alicyclic amines) is 1. The number of halogens is 4. The number of alkyl halides is 3. The molecule has 0 atom stereocenters. The number of hydrazine groups is 1. The van der Waals surface area contributed by atoms with Gasteiger partial charge in [-0.3, -0.25) is 4.79 Å². The zero-order chi connectivity index (χ0) is 31.4. The lowest BCUT2D eigenvalue weighted by Gasteiger charge is -2.33. The Bertz CT molecular complexity index is 1600. The summed E-state index contributed by atoms with van der Waals surface area (Å²) in [6.07, 6.45) is 4.07. The molecule has 0 unspecified atom stereocenters. The highest BCUT2D eigenvalue weighted by Gasteiger charge is 2.33. The molecule has 0 amide bonds. The van der Waals surface area contributed by atoms with E-state index in [4.69, 9.17) is 11.6 Å². The van der Waals surface area contributed by atoms with Crippen LogP contribution in [0.5, 0.6) is 0 Å². The minimum absolute atomic E-state index is 0.203. The quantitative estimate of drug-likeness (QED) is 0.0969. The van der Waals surface area contributed by atoms with Gasteiger partial charge in [0.25, 0.3) is 0 Å².